The zero-order valence-electron chi connectivity index (χ0n) is 12.4. The molecular formula is C18H18N2O2. The lowest BCUT2D eigenvalue weighted by molar-refractivity contribution is -0.136. The minimum atomic E-state index is -1.78. The Labute approximate surface area is 130 Å². The lowest BCUT2D eigenvalue weighted by Crippen LogP contribution is -2.46. The smallest absolute Gasteiger partial charge is 0.261 e. The maximum atomic E-state index is 12.6. The number of rotatable bonds is 5. The summed E-state index contributed by atoms with van der Waals surface area (Å²) >= 11 is 0. The van der Waals surface area contributed by atoms with E-state index in [1.807, 2.05) is 12.1 Å². The molecule has 2 rings (SSSR count). The molecule has 0 bridgehead atoms. The van der Waals surface area contributed by atoms with Gasteiger partial charge in [0.05, 0.1) is 12.0 Å². The Balaban J connectivity index is 2.39. The molecule has 0 saturated heterocycles. The Morgan fingerprint density at radius 2 is 1.59 bits per heavy atom. The van der Waals surface area contributed by atoms with E-state index in [1.54, 1.807) is 55.5 Å². The highest BCUT2D eigenvalue weighted by Gasteiger charge is 2.39. The highest BCUT2D eigenvalue weighted by atomic mass is 16.3. The van der Waals surface area contributed by atoms with E-state index in [-0.39, 0.29) is 12.5 Å². The Kier molecular flexibility index (Phi) is 4.92. The first-order chi connectivity index (χ1) is 10.6. The van der Waals surface area contributed by atoms with E-state index < -0.39 is 11.5 Å². The van der Waals surface area contributed by atoms with Gasteiger partial charge in [0.2, 0.25) is 0 Å². The number of carbonyl (C=O) groups excluding carboxylic acids is 1. The molecule has 4 nitrogen and oxygen atoms in total. The summed E-state index contributed by atoms with van der Waals surface area (Å²) in [5.41, 5.74) is -0.802. The second kappa shape index (κ2) is 6.88. The zero-order chi connectivity index (χ0) is 16.0. The minimum Gasteiger partial charge on any atom is -0.372 e. The fourth-order valence-electron chi connectivity index (χ4n) is 2.21. The molecule has 0 saturated carbocycles. The number of carbonyl (C=O) groups is 1. The van der Waals surface area contributed by atoms with E-state index >= 15 is 0 Å². The van der Waals surface area contributed by atoms with Gasteiger partial charge in [-0.1, -0.05) is 60.7 Å². The summed E-state index contributed by atoms with van der Waals surface area (Å²) in [5, 5.41) is 22.6. The summed E-state index contributed by atoms with van der Waals surface area (Å²) in [4.78, 5) is 12.6. The maximum Gasteiger partial charge on any atom is 0.261 e. The van der Waals surface area contributed by atoms with Crippen LogP contribution in [0.1, 0.15) is 18.1 Å². The molecule has 0 unspecified atom stereocenters. The second-order valence-corrected chi connectivity index (χ2v) is 5.18. The molecule has 0 aliphatic rings. The number of nitrogens with one attached hydrogen (secondary N) is 1. The van der Waals surface area contributed by atoms with Crippen molar-refractivity contribution >= 4 is 5.91 Å². The van der Waals surface area contributed by atoms with Crippen molar-refractivity contribution in [1.82, 2.24) is 5.32 Å². The van der Waals surface area contributed by atoms with Gasteiger partial charge in [0, 0.05) is 6.54 Å². The van der Waals surface area contributed by atoms with Crippen LogP contribution in [0.5, 0.6) is 0 Å². The number of nitriles is 1. The molecule has 1 atom stereocenters. The summed E-state index contributed by atoms with van der Waals surface area (Å²) in [6.07, 6.45) is 0. The topological polar surface area (TPSA) is 73.1 Å². The number of amides is 1. The van der Waals surface area contributed by atoms with Gasteiger partial charge >= 0.3 is 0 Å². The van der Waals surface area contributed by atoms with Gasteiger partial charge in [-0.15, -0.1) is 0 Å². The number of benzene rings is 2. The minimum absolute atomic E-state index is 0.192. The van der Waals surface area contributed by atoms with Crippen LogP contribution in [-0.4, -0.2) is 17.6 Å². The van der Waals surface area contributed by atoms with Crippen molar-refractivity contribution in [2.75, 3.05) is 6.54 Å². The Morgan fingerprint density at radius 1 is 1.14 bits per heavy atom. The molecule has 2 aromatic rings. The average Bonchev–Trinajstić information content (AvgIpc) is 2.60. The zero-order valence-corrected chi connectivity index (χ0v) is 12.4. The molecular weight excluding hydrogens is 276 g/mol. The normalized spacial score (nSPS) is 12.2. The molecule has 22 heavy (non-hydrogen) atoms. The number of nitrogens with zero attached hydrogens (tertiary/aromatic N) is 1. The molecule has 4 heteroatoms. The monoisotopic (exact) mass is 294 g/mol. The molecule has 0 radical (unpaired) electrons. The molecule has 0 aliphatic carbocycles. The molecule has 2 N–H and O–H groups in total. The Hall–Kier alpha value is -2.64. The third-order valence-corrected chi connectivity index (χ3v) is 3.50. The first-order valence-corrected chi connectivity index (χ1v) is 7.10. The number of hydrogen-bond donors (Lipinski definition) is 2. The van der Waals surface area contributed by atoms with E-state index in [9.17, 15) is 9.90 Å². The van der Waals surface area contributed by atoms with Crippen LogP contribution in [0.3, 0.4) is 0 Å². The quantitative estimate of drug-likeness (QED) is 0.888. The van der Waals surface area contributed by atoms with Crippen LogP contribution in [-0.2, 0) is 10.4 Å². The second-order valence-electron chi connectivity index (χ2n) is 5.18. The van der Waals surface area contributed by atoms with Crippen molar-refractivity contribution in [2.45, 2.75) is 12.5 Å². The van der Waals surface area contributed by atoms with Crippen LogP contribution in [0.25, 0.3) is 0 Å². The van der Waals surface area contributed by atoms with Gasteiger partial charge in [0.15, 0.2) is 5.60 Å². The van der Waals surface area contributed by atoms with Gasteiger partial charge in [0.1, 0.15) is 0 Å². The third-order valence-electron chi connectivity index (χ3n) is 3.50. The van der Waals surface area contributed by atoms with Crippen LogP contribution in [0.2, 0.25) is 0 Å². The first kappa shape index (κ1) is 15.7. The Bertz CT molecular complexity index is 623. The number of hydrogen-bond acceptors (Lipinski definition) is 3. The van der Waals surface area contributed by atoms with E-state index in [4.69, 9.17) is 5.26 Å². The van der Waals surface area contributed by atoms with Gasteiger partial charge in [-0.25, -0.2) is 0 Å². The van der Waals surface area contributed by atoms with E-state index in [2.05, 4.69) is 11.4 Å². The molecule has 0 heterocycles. The molecule has 0 aromatic heterocycles. The van der Waals surface area contributed by atoms with Crippen molar-refractivity contribution in [3.8, 4) is 6.07 Å². The van der Waals surface area contributed by atoms with Crippen molar-refractivity contribution < 1.29 is 9.90 Å². The molecule has 0 spiro atoms. The predicted octanol–water partition coefficient (Wildman–Crippen LogP) is 2.20. The third kappa shape index (κ3) is 3.16. The molecule has 112 valence electrons. The number of aliphatic hydroxyl groups is 1. The van der Waals surface area contributed by atoms with Crippen molar-refractivity contribution in [3.63, 3.8) is 0 Å². The van der Waals surface area contributed by atoms with Gasteiger partial charge in [0.25, 0.3) is 5.91 Å². The van der Waals surface area contributed by atoms with E-state index in [0.717, 1.165) is 0 Å². The van der Waals surface area contributed by atoms with Crippen molar-refractivity contribution in [1.29, 1.82) is 5.26 Å². The maximum absolute atomic E-state index is 12.6. The average molecular weight is 294 g/mol. The standard InChI is InChI=1S/C18H18N2O2/c1-14(12-19)13-20-17(21)18(22,15-8-4-2-5-9-15)16-10-6-3-7-11-16/h2-11,14,22H,13H2,1H3,(H,20,21)/t14-/m1/s1. The SMILES string of the molecule is C[C@H](C#N)CNC(=O)C(O)(c1ccccc1)c1ccccc1. The van der Waals surface area contributed by atoms with Crippen LogP contribution in [0.4, 0.5) is 0 Å². The lowest BCUT2D eigenvalue weighted by Gasteiger charge is -2.28. The molecule has 2 aromatic carbocycles. The lowest BCUT2D eigenvalue weighted by atomic mass is 9.85. The van der Waals surface area contributed by atoms with E-state index in [1.165, 1.54) is 0 Å². The van der Waals surface area contributed by atoms with Gasteiger partial charge in [-0.2, -0.15) is 5.26 Å². The largest absolute Gasteiger partial charge is 0.372 e. The molecule has 0 fully saturated rings. The Morgan fingerprint density at radius 3 is 2.00 bits per heavy atom. The summed E-state index contributed by atoms with van der Waals surface area (Å²) in [6.45, 7) is 1.90. The summed E-state index contributed by atoms with van der Waals surface area (Å²) in [5.74, 6) is -0.855. The van der Waals surface area contributed by atoms with Crippen LogP contribution >= 0.6 is 0 Å². The van der Waals surface area contributed by atoms with Gasteiger partial charge < -0.3 is 10.4 Å². The van der Waals surface area contributed by atoms with Gasteiger partial charge in [-0.05, 0) is 18.1 Å². The summed E-state index contributed by atoms with van der Waals surface area (Å²) in [7, 11) is 0. The van der Waals surface area contributed by atoms with Crippen LogP contribution in [0.15, 0.2) is 60.7 Å². The predicted molar refractivity (Wildman–Crippen MR) is 83.7 cm³/mol. The van der Waals surface area contributed by atoms with Crippen LogP contribution in [0, 0.1) is 17.2 Å². The molecule has 1 amide bonds. The molecule has 0 aliphatic heterocycles. The fraction of sp³-hybridized carbons (Fsp3) is 0.222. The van der Waals surface area contributed by atoms with Gasteiger partial charge in [-0.3, -0.25) is 4.79 Å². The van der Waals surface area contributed by atoms with Crippen molar-refractivity contribution in [3.05, 3.63) is 71.8 Å². The first-order valence-electron chi connectivity index (χ1n) is 7.10. The van der Waals surface area contributed by atoms with Crippen LogP contribution < -0.4 is 5.32 Å². The summed E-state index contributed by atoms with van der Waals surface area (Å²) in [6, 6.07) is 19.6. The highest BCUT2D eigenvalue weighted by molar-refractivity contribution is 5.90. The highest BCUT2D eigenvalue weighted by Crippen LogP contribution is 2.29. The van der Waals surface area contributed by atoms with Crippen molar-refractivity contribution in [2.24, 2.45) is 5.92 Å². The fourth-order valence-corrected chi connectivity index (χ4v) is 2.21. The summed E-state index contributed by atoms with van der Waals surface area (Å²) < 4.78 is 0. The van der Waals surface area contributed by atoms with E-state index in [0.29, 0.717) is 11.1 Å².